The van der Waals surface area contributed by atoms with E-state index in [2.05, 4.69) is 28.3 Å². The number of para-hydroxylation sites is 1. The van der Waals surface area contributed by atoms with Gasteiger partial charge in [-0.25, -0.2) is 4.99 Å². The second kappa shape index (κ2) is 11.1. The molecule has 1 fully saturated rings. The van der Waals surface area contributed by atoms with Crippen molar-refractivity contribution < 1.29 is 14.3 Å². The second-order valence-electron chi connectivity index (χ2n) is 9.59. The lowest BCUT2D eigenvalue weighted by atomic mass is 9.79. The Morgan fingerprint density at radius 1 is 1.13 bits per heavy atom. The molecule has 2 atom stereocenters. The quantitative estimate of drug-likeness (QED) is 0.383. The van der Waals surface area contributed by atoms with Crippen molar-refractivity contribution in [3.63, 3.8) is 0 Å². The first-order chi connectivity index (χ1) is 18.5. The highest BCUT2D eigenvalue weighted by atomic mass is 16.5. The zero-order chi connectivity index (χ0) is 26.6. The molecule has 8 nitrogen and oxygen atoms in total. The van der Waals surface area contributed by atoms with Crippen LogP contribution in [0.1, 0.15) is 46.3 Å². The topological polar surface area (TPSA) is 102 Å². The van der Waals surface area contributed by atoms with E-state index < -0.39 is 0 Å². The summed E-state index contributed by atoms with van der Waals surface area (Å²) in [5.74, 6) is 1.45. The number of fused-ring (bicyclic) bond motifs is 3. The van der Waals surface area contributed by atoms with Gasteiger partial charge in [-0.15, -0.1) is 0 Å². The Balaban J connectivity index is 1.44. The summed E-state index contributed by atoms with van der Waals surface area (Å²) >= 11 is 0. The van der Waals surface area contributed by atoms with E-state index in [9.17, 15) is 4.79 Å². The molecule has 0 saturated carbocycles. The first-order valence-electron chi connectivity index (χ1n) is 12.9. The number of carbonyl (C=O) groups is 1. The Bertz CT molecular complexity index is 1370. The molecule has 2 heterocycles. The van der Waals surface area contributed by atoms with Crippen LogP contribution in [0.25, 0.3) is 0 Å². The van der Waals surface area contributed by atoms with E-state index in [1.165, 1.54) is 5.56 Å². The Labute approximate surface area is 223 Å². The smallest absolute Gasteiger partial charge is 0.257 e. The first-order valence-corrected chi connectivity index (χ1v) is 12.9. The van der Waals surface area contributed by atoms with Gasteiger partial charge in [0.15, 0.2) is 11.5 Å². The molecule has 3 aromatic rings. The van der Waals surface area contributed by atoms with Crippen molar-refractivity contribution in [2.75, 3.05) is 33.9 Å². The summed E-state index contributed by atoms with van der Waals surface area (Å²) in [6.45, 7) is 4.49. The van der Waals surface area contributed by atoms with Crippen LogP contribution in [0.2, 0.25) is 0 Å². The Morgan fingerprint density at radius 2 is 1.89 bits per heavy atom. The summed E-state index contributed by atoms with van der Waals surface area (Å²) in [6, 6.07) is 21.0. The van der Waals surface area contributed by atoms with E-state index in [0.717, 1.165) is 42.1 Å². The van der Waals surface area contributed by atoms with Crippen molar-refractivity contribution in [3.8, 4) is 11.5 Å². The van der Waals surface area contributed by atoms with Crippen molar-refractivity contribution in [1.29, 1.82) is 0 Å². The number of methoxy groups -OCH3 is 1. The fraction of sp³-hybridized carbons (Fsp3) is 0.300. The third kappa shape index (κ3) is 5.26. The van der Waals surface area contributed by atoms with E-state index in [-0.39, 0.29) is 23.8 Å². The van der Waals surface area contributed by atoms with E-state index in [4.69, 9.17) is 20.2 Å². The van der Waals surface area contributed by atoms with Crippen molar-refractivity contribution in [1.82, 2.24) is 10.2 Å². The van der Waals surface area contributed by atoms with Crippen LogP contribution >= 0.6 is 0 Å². The highest BCUT2D eigenvalue weighted by molar-refractivity contribution is 6.15. The monoisotopic (exact) mass is 511 g/mol. The van der Waals surface area contributed by atoms with Crippen LogP contribution in [0.5, 0.6) is 11.5 Å². The summed E-state index contributed by atoms with van der Waals surface area (Å²) in [5, 5.41) is 2.66. The fourth-order valence-electron chi connectivity index (χ4n) is 5.18. The van der Waals surface area contributed by atoms with Gasteiger partial charge in [0.25, 0.3) is 5.91 Å². The van der Waals surface area contributed by atoms with Crippen LogP contribution in [0.15, 0.2) is 76.7 Å². The standard InChI is InChI=1S/C30H33N5O3/c1-4-38-27-16-22-23(17-26(27)37-3)28(33-25-14-15-35(2)18-24(22)25)19-10-12-20(13-11-19)29(36)34-30(31)32-21-8-6-5-7-9-21/h5-13,16-17,24-25H,4,14-15,18H2,1-3H3,(H3,31,32,34,36). The zero-order valence-electron chi connectivity index (χ0n) is 22.0. The van der Waals surface area contributed by atoms with Crippen molar-refractivity contribution >= 4 is 23.3 Å². The van der Waals surface area contributed by atoms with Crippen molar-refractivity contribution in [2.45, 2.75) is 25.3 Å². The van der Waals surface area contributed by atoms with E-state index in [0.29, 0.717) is 23.6 Å². The molecule has 3 aromatic carbocycles. The summed E-state index contributed by atoms with van der Waals surface area (Å²) in [7, 11) is 3.81. The molecule has 0 radical (unpaired) electrons. The molecule has 2 aliphatic heterocycles. The minimum Gasteiger partial charge on any atom is -0.493 e. The minimum absolute atomic E-state index is 0.0429. The zero-order valence-corrected chi connectivity index (χ0v) is 22.0. The van der Waals surface area contributed by atoms with Gasteiger partial charge in [0, 0.05) is 29.2 Å². The van der Waals surface area contributed by atoms with Gasteiger partial charge in [0.2, 0.25) is 5.96 Å². The van der Waals surface area contributed by atoms with Gasteiger partial charge in [0.1, 0.15) is 0 Å². The summed E-state index contributed by atoms with van der Waals surface area (Å²) in [6.07, 6.45) is 0.987. The second-order valence-corrected chi connectivity index (χ2v) is 9.59. The van der Waals surface area contributed by atoms with E-state index in [1.54, 1.807) is 19.2 Å². The average Bonchev–Trinajstić information content (AvgIpc) is 2.93. The fourth-order valence-corrected chi connectivity index (χ4v) is 5.18. The lowest BCUT2D eigenvalue weighted by Crippen LogP contribution is -2.41. The molecular weight excluding hydrogens is 478 g/mol. The highest BCUT2D eigenvalue weighted by Crippen LogP contribution is 2.42. The molecule has 5 rings (SSSR count). The highest BCUT2D eigenvalue weighted by Gasteiger charge is 2.36. The summed E-state index contributed by atoms with van der Waals surface area (Å²) in [4.78, 5) is 24.6. The number of hydrogen-bond donors (Lipinski definition) is 2. The molecule has 0 aromatic heterocycles. The number of hydrogen-bond acceptors (Lipinski definition) is 6. The molecule has 0 spiro atoms. The number of aliphatic imine (C=N–C) groups is 2. The van der Waals surface area contributed by atoms with Gasteiger partial charge in [-0.05, 0) is 68.9 Å². The Kier molecular flexibility index (Phi) is 7.42. The normalized spacial score (nSPS) is 19.1. The molecule has 2 unspecified atom stereocenters. The molecular formula is C30H33N5O3. The van der Waals surface area contributed by atoms with Crippen LogP contribution in [-0.2, 0) is 0 Å². The molecule has 0 aliphatic carbocycles. The number of guanidine groups is 1. The van der Waals surface area contributed by atoms with E-state index in [1.807, 2.05) is 55.5 Å². The average molecular weight is 512 g/mol. The number of nitrogens with two attached hydrogens (primary N) is 1. The third-order valence-electron chi connectivity index (χ3n) is 7.03. The van der Waals surface area contributed by atoms with Crippen molar-refractivity contribution in [3.05, 3.63) is 89.0 Å². The maximum Gasteiger partial charge on any atom is 0.257 e. The van der Waals surface area contributed by atoms with Crippen LogP contribution in [0.3, 0.4) is 0 Å². The number of carbonyl (C=O) groups excluding carboxylic acids is 1. The van der Waals surface area contributed by atoms with Crippen LogP contribution in [-0.4, -0.2) is 62.4 Å². The molecule has 1 amide bonds. The molecule has 196 valence electrons. The van der Waals surface area contributed by atoms with Crippen LogP contribution in [0, 0.1) is 0 Å². The predicted octanol–water partition coefficient (Wildman–Crippen LogP) is 4.11. The number of nitrogens with one attached hydrogen (secondary N) is 1. The predicted molar refractivity (Wildman–Crippen MR) is 150 cm³/mol. The van der Waals surface area contributed by atoms with Gasteiger partial charge >= 0.3 is 0 Å². The summed E-state index contributed by atoms with van der Waals surface area (Å²) < 4.78 is 11.6. The lowest BCUT2D eigenvalue weighted by molar-refractivity contribution is 0.0976. The Hall–Kier alpha value is -4.17. The number of likely N-dealkylation sites (tertiary alicyclic amines) is 1. The Morgan fingerprint density at radius 3 is 2.61 bits per heavy atom. The molecule has 0 bridgehead atoms. The first kappa shape index (κ1) is 25.5. The van der Waals surface area contributed by atoms with Gasteiger partial charge in [-0.3, -0.25) is 15.1 Å². The number of benzene rings is 3. The van der Waals surface area contributed by atoms with Crippen molar-refractivity contribution in [2.24, 2.45) is 15.7 Å². The van der Waals surface area contributed by atoms with Gasteiger partial charge in [0.05, 0.1) is 31.2 Å². The lowest BCUT2D eigenvalue weighted by Gasteiger charge is -2.39. The number of piperidine rings is 1. The number of likely N-dealkylation sites (N-methyl/N-ethyl adjacent to an activating group) is 1. The molecule has 8 heteroatoms. The number of ether oxygens (including phenoxy) is 2. The number of nitrogens with zero attached hydrogens (tertiary/aromatic N) is 3. The minimum atomic E-state index is -0.321. The largest absolute Gasteiger partial charge is 0.493 e. The number of rotatable bonds is 6. The van der Waals surface area contributed by atoms with Gasteiger partial charge in [-0.2, -0.15) is 0 Å². The molecule has 38 heavy (non-hydrogen) atoms. The maximum atomic E-state index is 12.8. The molecule has 3 N–H and O–H groups in total. The third-order valence-corrected chi connectivity index (χ3v) is 7.03. The maximum absolute atomic E-state index is 12.8. The van der Waals surface area contributed by atoms with Crippen LogP contribution in [0.4, 0.5) is 5.69 Å². The summed E-state index contributed by atoms with van der Waals surface area (Å²) in [5.41, 5.74) is 11.2. The van der Waals surface area contributed by atoms with Gasteiger partial charge < -0.3 is 20.1 Å². The SMILES string of the molecule is CCOc1cc2c(cc1OC)C(c1ccc(C(=O)NC(N)=Nc3ccccc3)cc1)=NC1CCN(C)CC21. The molecule has 2 aliphatic rings. The van der Waals surface area contributed by atoms with Crippen LogP contribution < -0.4 is 20.5 Å². The molecule has 1 saturated heterocycles. The van der Waals surface area contributed by atoms with Gasteiger partial charge in [-0.1, -0.05) is 30.3 Å². The van der Waals surface area contributed by atoms with E-state index >= 15 is 0 Å². The number of amides is 1.